The van der Waals surface area contributed by atoms with Gasteiger partial charge in [-0.2, -0.15) is 5.26 Å². The van der Waals surface area contributed by atoms with Gasteiger partial charge in [0.05, 0.1) is 6.07 Å². The molecule has 1 heterocycles. The number of likely N-dealkylation sites (tertiary alicyclic amines) is 1. The summed E-state index contributed by atoms with van der Waals surface area (Å²) in [5.74, 6) is 0.274. The van der Waals surface area contributed by atoms with E-state index in [2.05, 4.69) is 11.0 Å². The molecule has 2 rings (SSSR count). The fourth-order valence-electron chi connectivity index (χ4n) is 2.24. The lowest BCUT2D eigenvalue weighted by molar-refractivity contribution is 0.125. The third-order valence-electron chi connectivity index (χ3n) is 3.62. The van der Waals surface area contributed by atoms with Crippen LogP contribution < -0.4 is 0 Å². The van der Waals surface area contributed by atoms with Crippen molar-refractivity contribution in [3.8, 4) is 6.07 Å². The molecule has 0 radical (unpaired) electrons. The summed E-state index contributed by atoms with van der Waals surface area (Å²) in [5, 5.41) is 18.0. The highest BCUT2D eigenvalue weighted by atomic mass is 16.3. The Morgan fingerprint density at radius 3 is 2.43 bits per heavy atom. The van der Waals surface area contributed by atoms with Gasteiger partial charge in [0.25, 0.3) is 0 Å². The molecule has 1 N–H and O–H groups in total. The minimum absolute atomic E-state index is 0.236. The molecule has 78 valence electrons. The molecule has 0 aromatic heterocycles. The molecule has 1 aliphatic heterocycles. The average molecular weight is 194 g/mol. The number of hydrogen-bond acceptors (Lipinski definition) is 3. The van der Waals surface area contributed by atoms with Gasteiger partial charge in [0.2, 0.25) is 0 Å². The van der Waals surface area contributed by atoms with Crippen molar-refractivity contribution in [3.05, 3.63) is 0 Å². The fraction of sp³-hybridized carbons (Fsp3) is 0.909. The second-order valence-electron chi connectivity index (χ2n) is 4.84. The molecule has 1 saturated carbocycles. The summed E-state index contributed by atoms with van der Waals surface area (Å²) in [6.45, 7) is 3.47. The number of rotatable bonds is 3. The zero-order chi connectivity index (χ0) is 10.0. The van der Waals surface area contributed by atoms with Gasteiger partial charge in [-0.15, -0.1) is 0 Å². The summed E-state index contributed by atoms with van der Waals surface area (Å²) in [7, 11) is 0. The Hall–Kier alpha value is -0.590. The molecule has 3 heteroatoms. The molecule has 0 bridgehead atoms. The maximum Gasteiger partial charge on any atom is 0.0656 e. The topological polar surface area (TPSA) is 47.3 Å². The molecule has 0 aromatic carbocycles. The predicted molar refractivity (Wildman–Crippen MR) is 53.5 cm³/mol. The van der Waals surface area contributed by atoms with Crippen LogP contribution in [0.3, 0.4) is 0 Å². The second-order valence-corrected chi connectivity index (χ2v) is 4.84. The Kier molecular flexibility index (Phi) is 2.76. The first kappa shape index (κ1) is 9.95. The van der Waals surface area contributed by atoms with E-state index in [4.69, 9.17) is 5.26 Å². The van der Waals surface area contributed by atoms with E-state index >= 15 is 0 Å². The highest BCUT2D eigenvalue weighted by molar-refractivity contribution is 4.96. The summed E-state index contributed by atoms with van der Waals surface area (Å²) < 4.78 is 0. The van der Waals surface area contributed by atoms with Crippen LogP contribution in [-0.4, -0.2) is 36.2 Å². The van der Waals surface area contributed by atoms with E-state index in [9.17, 15) is 5.11 Å². The van der Waals surface area contributed by atoms with Gasteiger partial charge < -0.3 is 10.0 Å². The highest BCUT2D eigenvalue weighted by Crippen LogP contribution is 2.45. The van der Waals surface area contributed by atoms with E-state index < -0.39 is 0 Å². The van der Waals surface area contributed by atoms with Crippen LogP contribution in [0.2, 0.25) is 0 Å². The van der Waals surface area contributed by atoms with Gasteiger partial charge in [-0.25, -0.2) is 0 Å². The van der Waals surface area contributed by atoms with Crippen LogP contribution in [0.25, 0.3) is 0 Å². The fourth-order valence-corrected chi connectivity index (χ4v) is 2.24. The van der Waals surface area contributed by atoms with Gasteiger partial charge in [-0.05, 0) is 38.8 Å². The minimum Gasteiger partial charge on any atom is -0.396 e. The highest BCUT2D eigenvalue weighted by Gasteiger charge is 2.43. The van der Waals surface area contributed by atoms with Crippen LogP contribution in [0.15, 0.2) is 0 Å². The maximum atomic E-state index is 9.21. The molecule has 0 aromatic rings. The van der Waals surface area contributed by atoms with Crippen molar-refractivity contribution < 1.29 is 5.11 Å². The van der Waals surface area contributed by atoms with Gasteiger partial charge in [-0.3, -0.25) is 0 Å². The molecule has 0 spiro atoms. The predicted octanol–water partition coefficient (Wildman–Crippen LogP) is 0.994. The lowest BCUT2D eigenvalue weighted by atomic mass is 9.97. The molecule has 3 nitrogen and oxygen atoms in total. The first-order valence-electron chi connectivity index (χ1n) is 5.51. The van der Waals surface area contributed by atoms with Crippen LogP contribution in [0.5, 0.6) is 0 Å². The minimum atomic E-state index is 0.236. The zero-order valence-electron chi connectivity index (χ0n) is 8.58. The van der Waals surface area contributed by atoms with Crippen molar-refractivity contribution in [3.63, 3.8) is 0 Å². The summed E-state index contributed by atoms with van der Waals surface area (Å²) in [4.78, 5) is 2.41. The molecule has 1 saturated heterocycles. The molecule has 2 aliphatic rings. The molecule has 1 aliphatic carbocycles. The SMILES string of the molecule is N#CC1CCN(CC2(CO)CC2)CC1. The lowest BCUT2D eigenvalue weighted by Gasteiger charge is -2.31. The summed E-state index contributed by atoms with van der Waals surface area (Å²) in [5.41, 5.74) is 0.236. The smallest absolute Gasteiger partial charge is 0.0656 e. The number of piperidine rings is 1. The zero-order valence-corrected chi connectivity index (χ0v) is 8.58. The van der Waals surface area contributed by atoms with Gasteiger partial charge in [0.1, 0.15) is 0 Å². The van der Waals surface area contributed by atoms with E-state index in [0.717, 1.165) is 32.5 Å². The average Bonchev–Trinajstić information content (AvgIpc) is 3.00. The number of nitrogens with zero attached hydrogens (tertiary/aromatic N) is 2. The Morgan fingerprint density at radius 2 is 2.00 bits per heavy atom. The second kappa shape index (κ2) is 3.88. The van der Waals surface area contributed by atoms with Crippen molar-refractivity contribution >= 4 is 0 Å². The first-order valence-corrected chi connectivity index (χ1v) is 5.51. The third kappa shape index (κ3) is 2.08. The van der Waals surface area contributed by atoms with E-state index in [-0.39, 0.29) is 11.3 Å². The molecular weight excluding hydrogens is 176 g/mol. The van der Waals surface area contributed by atoms with Gasteiger partial charge in [-0.1, -0.05) is 0 Å². The molecule has 14 heavy (non-hydrogen) atoms. The normalized spacial score (nSPS) is 27.1. The van der Waals surface area contributed by atoms with Crippen molar-refractivity contribution in [1.82, 2.24) is 4.90 Å². The number of nitriles is 1. The molecular formula is C11H18N2O. The number of aliphatic hydroxyl groups excluding tert-OH is 1. The Labute approximate surface area is 85.3 Å². The van der Waals surface area contributed by atoms with Crippen LogP contribution in [0, 0.1) is 22.7 Å². The third-order valence-corrected chi connectivity index (χ3v) is 3.62. The van der Waals surface area contributed by atoms with Crippen LogP contribution in [-0.2, 0) is 0 Å². The van der Waals surface area contributed by atoms with Crippen molar-refractivity contribution in [2.45, 2.75) is 25.7 Å². The number of aliphatic hydroxyl groups is 1. The summed E-state index contributed by atoms with van der Waals surface area (Å²) >= 11 is 0. The molecule has 0 unspecified atom stereocenters. The molecule has 2 fully saturated rings. The van der Waals surface area contributed by atoms with Crippen molar-refractivity contribution in [2.24, 2.45) is 11.3 Å². The van der Waals surface area contributed by atoms with Gasteiger partial charge in [0, 0.05) is 24.5 Å². The maximum absolute atomic E-state index is 9.21. The van der Waals surface area contributed by atoms with Gasteiger partial charge in [0.15, 0.2) is 0 Å². The Bertz CT molecular complexity index is 234. The largest absolute Gasteiger partial charge is 0.396 e. The molecule has 0 amide bonds. The van der Waals surface area contributed by atoms with Crippen LogP contribution in [0.4, 0.5) is 0 Å². The van der Waals surface area contributed by atoms with Crippen LogP contribution in [0.1, 0.15) is 25.7 Å². The lowest BCUT2D eigenvalue weighted by Crippen LogP contribution is -2.38. The summed E-state index contributed by atoms with van der Waals surface area (Å²) in [6.07, 6.45) is 4.39. The Balaban J connectivity index is 1.76. The van der Waals surface area contributed by atoms with E-state index in [1.54, 1.807) is 0 Å². The summed E-state index contributed by atoms with van der Waals surface area (Å²) in [6, 6.07) is 2.34. The first-order chi connectivity index (χ1) is 6.78. The van der Waals surface area contributed by atoms with E-state index in [1.165, 1.54) is 12.8 Å². The standard InChI is InChI=1S/C11H18N2O/c12-7-10-1-5-13(6-2-10)8-11(9-14)3-4-11/h10,14H,1-6,8-9H2. The quantitative estimate of drug-likeness (QED) is 0.729. The van der Waals surface area contributed by atoms with E-state index in [1.807, 2.05) is 0 Å². The van der Waals surface area contributed by atoms with Crippen LogP contribution >= 0.6 is 0 Å². The van der Waals surface area contributed by atoms with Gasteiger partial charge >= 0.3 is 0 Å². The molecule has 0 atom stereocenters. The van der Waals surface area contributed by atoms with Crippen molar-refractivity contribution in [1.29, 1.82) is 5.26 Å². The number of hydrogen-bond donors (Lipinski definition) is 1. The Morgan fingerprint density at radius 1 is 1.36 bits per heavy atom. The van der Waals surface area contributed by atoms with E-state index in [0.29, 0.717) is 6.61 Å². The van der Waals surface area contributed by atoms with Crippen molar-refractivity contribution in [2.75, 3.05) is 26.2 Å². The monoisotopic (exact) mass is 194 g/mol.